The van der Waals surface area contributed by atoms with Crippen LogP contribution in [-0.2, 0) is 0 Å². The molecule has 70 valence electrons. The number of H-pyrrole nitrogens is 2. The van der Waals surface area contributed by atoms with Crippen molar-refractivity contribution in [2.24, 2.45) is 0 Å². The lowest BCUT2D eigenvalue weighted by molar-refractivity contribution is -0.400. The molecule has 2 N–H and O–H groups in total. The predicted octanol–water partition coefficient (Wildman–Crippen LogP) is 1.21. The van der Waals surface area contributed by atoms with E-state index < -0.39 is 0 Å². The molecule has 1 aromatic heterocycles. The van der Waals surface area contributed by atoms with E-state index in [-0.39, 0.29) is 5.69 Å². The Balaban J connectivity index is 0.000000293. The Morgan fingerprint density at radius 2 is 1.93 bits per heavy atom. The minimum atomic E-state index is -0.177. The molecule has 2 aromatic rings. The Morgan fingerprint density at radius 3 is 2.64 bits per heavy atom. The topological polar surface area (TPSA) is 106 Å². The normalized spacial score (nSPS) is 8.57. The van der Waals surface area contributed by atoms with Crippen molar-refractivity contribution in [1.82, 2.24) is 4.98 Å². The van der Waals surface area contributed by atoms with Gasteiger partial charge in [0.15, 0.2) is 0 Å². The van der Waals surface area contributed by atoms with Gasteiger partial charge in [0.05, 0.1) is 5.39 Å². The summed E-state index contributed by atoms with van der Waals surface area (Å²) >= 11 is 0. The van der Waals surface area contributed by atoms with Crippen LogP contribution < -0.4 is 10.7 Å². The summed E-state index contributed by atoms with van der Waals surface area (Å²) in [7, 11) is 0. The molecule has 0 spiro atoms. The van der Waals surface area contributed by atoms with Gasteiger partial charge in [-0.05, 0) is 12.1 Å². The van der Waals surface area contributed by atoms with Crippen LogP contribution in [0, 0.1) is 0 Å². The van der Waals surface area contributed by atoms with Gasteiger partial charge < -0.3 is 11.1 Å². The fourth-order valence-corrected chi connectivity index (χ4v) is 1.04. The van der Waals surface area contributed by atoms with Gasteiger partial charge in [-0.2, -0.15) is 4.79 Å². The minimum Gasteiger partial charge on any atom is -0.373 e. The van der Waals surface area contributed by atoms with E-state index in [1.807, 2.05) is 24.3 Å². The maximum absolute atomic E-state index is 10.8. The van der Waals surface area contributed by atoms with Crippen molar-refractivity contribution in [2.45, 2.75) is 0 Å². The van der Waals surface area contributed by atoms with Crippen LogP contribution in [0.4, 0.5) is 0 Å². The van der Waals surface area contributed by atoms with Gasteiger partial charge in [0.25, 0.3) is 0 Å². The molecule has 14 heavy (non-hydrogen) atoms. The highest BCUT2D eigenvalue weighted by Gasteiger charge is 1.96. The van der Waals surface area contributed by atoms with Crippen LogP contribution >= 0.6 is 0 Å². The fourth-order valence-electron chi connectivity index (χ4n) is 1.04. The van der Waals surface area contributed by atoms with Crippen LogP contribution in [0.15, 0.2) is 35.3 Å². The maximum atomic E-state index is 10.8. The highest BCUT2D eigenvalue weighted by molar-refractivity contribution is 5.76. The summed E-state index contributed by atoms with van der Waals surface area (Å²) in [6, 6.07) is 7.61. The Labute approximate surface area is 78.6 Å². The third-order valence-corrected chi connectivity index (χ3v) is 1.57. The molecule has 1 heterocycles. The smallest absolute Gasteiger partial charge is 0.373 e. The third kappa shape index (κ3) is 2.33. The lowest BCUT2D eigenvalue weighted by atomic mass is 10.2. The van der Waals surface area contributed by atoms with Gasteiger partial charge in [-0.25, -0.2) is 9.97 Å². The Hall–Kier alpha value is -2.33. The number of fused-ring (bicyclic) bond motifs is 1. The van der Waals surface area contributed by atoms with Crippen molar-refractivity contribution in [3.8, 4) is 0 Å². The number of hydrogen-bond acceptors (Lipinski definition) is 1. The predicted molar refractivity (Wildman–Crippen MR) is 51.2 cm³/mol. The lowest BCUT2D eigenvalue weighted by Crippen LogP contribution is -2.28. The summed E-state index contributed by atoms with van der Waals surface area (Å²) < 4.78 is 0. The first kappa shape index (κ1) is 9.76. The highest BCUT2D eigenvalue weighted by Crippen LogP contribution is 2.03. The van der Waals surface area contributed by atoms with Crippen molar-refractivity contribution in [3.05, 3.63) is 56.9 Å². The lowest BCUT2D eigenvalue weighted by Gasteiger charge is -1.86. The van der Waals surface area contributed by atoms with E-state index in [9.17, 15) is 4.79 Å². The molecular formula is C8H7N5O. The van der Waals surface area contributed by atoms with Crippen LogP contribution in [0.1, 0.15) is 0 Å². The summed E-state index contributed by atoms with van der Waals surface area (Å²) in [6.45, 7) is 0. The maximum Gasteiger partial charge on any atom is 0.493 e. The summed E-state index contributed by atoms with van der Waals surface area (Å²) in [6.07, 6.45) is 1.69. The summed E-state index contributed by atoms with van der Waals surface area (Å²) in [4.78, 5) is 17.5. The zero-order valence-electron chi connectivity index (χ0n) is 7.14. The van der Waals surface area contributed by atoms with E-state index in [0.29, 0.717) is 0 Å². The summed E-state index contributed by atoms with van der Waals surface area (Å²) in [5.41, 5.74) is 14.2. The highest BCUT2D eigenvalue weighted by atomic mass is 16.1. The molecule has 0 saturated carbocycles. The van der Waals surface area contributed by atoms with Crippen molar-refractivity contribution in [2.75, 3.05) is 0 Å². The molecule has 1 aromatic carbocycles. The molecular weight excluding hydrogens is 182 g/mol. The first-order valence-corrected chi connectivity index (χ1v) is 3.76. The van der Waals surface area contributed by atoms with E-state index in [1.54, 1.807) is 6.20 Å². The van der Waals surface area contributed by atoms with Gasteiger partial charge in [-0.15, -0.1) is 0 Å². The molecule has 0 atom stereocenters. The van der Waals surface area contributed by atoms with E-state index in [4.69, 9.17) is 11.1 Å². The number of para-hydroxylation sites is 1. The first-order chi connectivity index (χ1) is 6.77. The quantitative estimate of drug-likeness (QED) is 0.375. The Bertz CT molecular complexity index is 512. The largest absolute Gasteiger partial charge is 0.493 e. The van der Waals surface area contributed by atoms with E-state index in [0.717, 1.165) is 10.9 Å². The minimum absolute atomic E-state index is 0.177. The average Bonchev–Trinajstić information content (AvgIpc) is 2.19. The molecule has 0 radical (unpaired) electrons. The molecule has 0 unspecified atom stereocenters. The second-order valence-electron chi connectivity index (χ2n) is 2.42. The number of benzene rings is 1. The van der Waals surface area contributed by atoms with Crippen molar-refractivity contribution in [3.63, 3.8) is 0 Å². The molecule has 0 aliphatic rings. The second kappa shape index (κ2) is 4.64. The third-order valence-electron chi connectivity index (χ3n) is 1.57. The fraction of sp³-hybridized carbons (Fsp3) is 0. The summed E-state index contributed by atoms with van der Waals surface area (Å²) in [5, 5.41) is 1.01. The number of rotatable bonds is 0. The van der Waals surface area contributed by atoms with Gasteiger partial charge >= 0.3 is 5.69 Å². The number of nitrogens with zero attached hydrogens (tertiary/aromatic N) is 3. The zero-order chi connectivity index (χ0) is 10.4. The average molecular weight is 189 g/mol. The molecule has 2 rings (SSSR count). The number of aromatic amines is 2. The van der Waals surface area contributed by atoms with E-state index in [2.05, 4.69) is 9.97 Å². The molecule has 0 bridgehead atoms. The second-order valence-corrected chi connectivity index (χ2v) is 2.42. The van der Waals surface area contributed by atoms with Gasteiger partial charge in [0.1, 0.15) is 11.7 Å². The van der Waals surface area contributed by atoms with Crippen molar-refractivity contribution >= 4 is 10.9 Å². The van der Waals surface area contributed by atoms with Gasteiger partial charge in [0, 0.05) is 0 Å². The number of hydrogen-bond donors (Lipinski definition) is 1. The molecule has 6 nitrogen and oxygen atoms in total. The molecule has 0 amide bonds. The Morgan fingerprint density at radius 1 is 1.29 bits per heavy atom. The SMILES string of the molecule is O=c1[nH]c2ccccc2c[nH+]1.[N-]=[N+]=[N-]. The first-order valence-electron chi connectivity index (χ1n) is 3.76. The van der Waals surface area contributed by atoms with E-state index >= 15 is 0 Å². The van der Waals surface area contributed by atoms with Crippen molar-refractivity contribution < 1.29 is 4.98 Å². The van der Waals surface area contributed by atoms with Gasteiger partial charge in [0.2, 0.25) is 0 Å². The van der Waals surface area contributed by atoms with Crippen LogP contribution in [-0.4, -0.2) is 4.98 Å². The van der Waals surface area contributed by atoms with Crippen LogP contribution in [0.5, 0.6) is 0 Å². The molecule has 0 aliphatic heterocycles. The summed E-state index contributed by atoms with van der Waals surface area (Å²) in [5.74, 6) is 0. The number of aromatic nitrogens is 2. The molecule has 0 saturated heterocycles. The van der Waals surface area contributed by atoms with Crippen molar-refractivity contribution in [1.29, 1.82) is 0 Å². The standard InChI is InChI=1S/C8H6N2O.N3/c11-8-9-5-6-3-1-2-4-7(6)10-8;1-3-2/h1-5H,(H,9,10,11);/q;-1/p+1. The molecule has 6 heteroatoms. The van der Waals surface area contributed by atoms with Gasteiger partial charge in [-0.1, -0.05) is 12.1 Å². The van der Waals surface area contributed by atoms with Crippen LogP contribution in [0.25, 0.3) is 26.9 Å². The zero-order valence-corrected chi connectivity index (χ0v) is 7.14. The van der Waals surface area contributed by atoms with Gasteiger partial charge in [-0.3, -0.25) is 4.91 Å². The molecule has 0 fully saturated rings. The van der Waals surface area contributed by atoms with Crippen LogP contribution in [0.3, 0.4) is 0 Å². The molecule has 0 aliphatic carbocycles. The van der Waals surface area contributed by atoms with E-state index in [1.165, 1.54) is 4.91 Å². The number of nitrogens with one attached hydrogen (secondary N) is 2. The Kier molecular flexibility index (Phi) is 3.23. The monoisotopic (exact) mass is 189 g/mol. The van der Waals surface area contributed by atoms with Crippen LogP contribution in [0.2, 0.25) is 0 Å².